The fraction of sp³-hybridized carbons (Fsp3) is 0.643. The van der Waals surface area contributed by atoms with Crippen LogP contribution in [0.4, 0.5) is 5.82 Å². The number of aryl methyl sites for hydroxylation is 1. The lowest BCUT2D eigenvalue weighted by atomic mass is 9.82. The lowest BCUT2D eigenvalue weighted by Crippen LogP contribution is -2.23. The zero-order chi connectivity index (χ0) is 12.8. The minimum atomic E-state index is 0.713. The molecular formula is C14H19N5. The Balaban J connectivity index is 1.72. The van der Waals surface area contributed by atoms with Crippen LogP contribution in [0.5, 0.6) is 0 Å². The van der Waals surface area contributed by atoms with Crippen LogP contribution >= 0.6 is 0 Å². The predicted octanol–water partition coefficient (Wildman–Crippen LogP) is 2.06. The van der Waals surface area contributed by atoms with Crippen molar-refractivity contribution in [3.63, 3.8) is 0 Å². The van der Waals surface area contributed by atoms with Crippen molar-refractivity contribution in [3.05, 3.63) is 18.1 Å². The van der Waals surface area contributed by atoms with Crippen LogP contribution < -0.4 is 4.90 Å². The second-order valence-electron chi connectivity index (χ2n) is 5.94. The Hall–Kier alpha value is -1.65. The Bertz CT molecular complexity index is 591. The molecule has 2 aliphatic rings. The van der Waals surface area contributed by atoms with E-state index >= 15 is 0 Å². The summed E-state index contributed by atoms with van der Waals surface area (Å²) in [5, 5.41) is 4.32. The van der Waals surface area contributed by atoms with Gasteiger partial charge >= 0.3 is 0 Å². The molecule has 0 amide bonds. The molecular weight excluding hydrogens is 238 g/mol. The molecule has 1 saturated heterocycles. The first-order valence-corrected chi connectivity index (χ1v) is 7.23. The maximum Gasteiger partial charge on any atom is 0.254 e. The van der Waals surface area contributed by atoms with Gasteiger partial charge in [-0.3, -0.25) is 0 Å². The van der Waals surface area contributed by atoms with Crippen molar-refractivity contribution in [2.75, 3.05) is 18.0 Å². The monoisotopic (exact) mass is 257 g/mol. The summed E-state index contributed by atoms with van der Waals surface area (Å²) in [6, 6.07) is 2.14. The number of hydrogen-bond donors (Lipinski definition) is 0. The number of anilines is 1. The number of fused-ring (bicyclic) bond motifs is 2. The molecule has 2 atom stereocenters. The maximum absolute atomic E-state index is 4.42. The first-order chi connectivity index (χ1) is 9.31. The minimum absolute atomic E-state index is 0.713. The van der Waals surface area contributed by atoms with Crippen molar-refractivity contribution >= 4 is 11.6 Å². The molecule has 1 saturated carbocycles. The summed E-state index contributed by atoms with van der Waals surface area (Å²) in [5.74, 6) is 3.63. The van der Waals surface area contributed by atoms with E-state index in [0.717, 1.165) is 23.3 Å². The van der Waals surface area contributed by atoms with Gasteiger partial charge in [0, 0.05) is 24.8 Å². The molecule has 0 N–H and O–H groups in total. The topological polar surface area (TPSA) is 46.3 Å². The van der Waals surface area contributed by atoms with Crippen molar-refractivity contribution in [2.24, 2.45) is 11.8 Å². The maximum atomic E-state index is 4.42. The normalized spacial score (nSPS) is 26.9. The summed E-state index contributed by atoms with van der Waals surface area (Å²) in [5.41, 5.74) is 1.02. The van der Waals surface area contributed by atoms with E-state index in [1.165, 1.54) is 38.8 Å². The van der Waals surface area contributed by atoms with E-state index in [4.69, 9.17) is 0 Å². The van der Waals surface area contributed by atoms with E-state index in [-0.39, 0.29) is 0 Å². The molecule has 2 aromatic heterocycles. The fourth-order valence-corrected chi connectivity index (χ4v) is 3.73. The zero-order valence-electron chi connectivity index (χ0n) is 11.3. The van der Waals surface area contributed by atoms with Crippen molar-refractivity contribution in [2.45, 2.75) is 32.6 Å². The highest BCUT2D eigenvalue weighted by atomic mass is 15.4. The van der Waals surface area contributed by atoms with E-state index in [1.54, 1.807) is 6.33 Å². The van der Waals surface area contributed by atoms with Gasteiger partial charge in [-0.1, -0.05) is 12.8 Å². The van der Waals surface area contributed by atoms with Crippen LogP contribution in [-0.4, -0.2) is 32.7 Å². The van der Waals surface area contributed by atoms with Gasteiger partial charge < -0.3 is 4.90 Å². The van der Waals surface area contributed by atoms with E-state index < -0.39 is 0 Å². The van der Waals surface area contributed by atoms with Gasteiger partial charge in [-0.25, -0.2) is 4.98 Å². The summed E-state index contributed by atoms with van der Waals surface area (Å²) in [6.07, 6.45) is 7.19. The molecule has 0 spiro atoms. The van der Waals surface area contributed by atoms with Crippen LogP contribution in [0.2, 0.25) is 0 Å². The van der Waals surface area contributed by atoms with E-state index in [0.29, 0.717) is 5.78 Å². The summed E-state index contributed by atoms with van der Waals surface area (Å²) in [4.78, 5) is 11.1. The molecule has 5 nitrogen and oxygen atoms in total. The Morgan fingerprint density at radius 2 is 1.89 bits per heavy atom. The minimum Gasteiger partial charge on any atom is -0.356 e. The molecule has 0 bridgehead atoms. The molecule has 100 valence electrons. The van der Waals surface area contributed by atoms with E-state index in [1.807, 2.05) is 11.4 Å². The van der Waals surface area contributed by atoms with Crippen LogP contribution in [0.1, 0.15) is 31.4 Å². The number of aromatic nitrogens is 4. The van der Waals surface area contributed by atoms with Gasteiger partial charge in [0.2, 0.25) is 0 Å². The Morgan fingerprint density at radius 3 is 2.63 bits per heavy atom. The van der Waals surface area contributed by atoms with E-state index in [2.05, 4.69) is 26.0 Å². The molecule has 0 aromatic carbocycles. The van der Waals surface area contributed by atoms with Crippen LogP contribution in [0.25, 0.3) is 5.78 Å². The van der Waals surface area contributed by atoms with Gasteiger partial charge in [0.05, 0.1) is 0 Å². The van der Waals surface area contributed by atoms with Gasteiger partial charge in [-0.05, 0) is 31.6 Å². The predicted molar refractivity (Wildman–Crippen MR) is 73.2 cm³/mol. The summed E-state index contributed by atoms with van der Waals surface area (Å²) < 4.78 is 1.88. The van der Waals surface area contributed by atoms with Crippen LogP contribution in [0, 0.1) is 18.8 Å². The Kier molecular flexibility index (Phi) is 2.47. The lowest BCUT2D eigenvalue weighted by Gasteiger charge is -2.22. The van der Waals surface area contributed by atoms with Gasteiger partial charge in [-0.2, -0.15) is 14.6 Å². The second kappa shape index (κ2) is 4.18. The van der Waals surface area contributed by atoms with Crippen molar-refractivity contribution in [3.8, 4) is 0 Å². The largest absolute Gasteiger partial charge is 0.356 e. The molecule has 2 aromatic rings. The molecule has 2 fully saturated rings. The van der Waals surface area contributed by atoms with Gasteiger partial charge in [0.15, 0.2) is 0 Å². The quantitative estimate of drug-likeness (QED) is 0.784. The van der Waals surface area contributed by atoms with Gasteiger partial charge in [0.1, 0.15) is 12.1 Å². The Morgan fingerprint density at radius 1 is 1.16 bits per heavy atom. The first-order valence-electron chi connectivity index (χ1n) is 7.23. The van der Waals surface area contributed by atoms with Crippen LogP contribution in [0.3, 0.4) is 0 Å². The highest BCUT2D eigenvalue weighted by molar-refractivity contribution is 5.48. The Labute approximate surface area is 112 Å². The summed E-state index contributed by atoms with van der Waals surface area (Å²) in [7, 11) is 0. The van der Waals surface area contributed by atoms with Gasteiger partial charge in [-0.15, -0.1) is 0 Å². The molecule has 3 heterocycles. The zero-order valence-corrected chi connectivity index (χ0v) is 11.3. The lowest BCUT2D eigenvalue weighted by molar-refractivity contribution is 0.299. The van der Waals surface area contributed by atoms with E-state index in [9.17, 15) is 0 Å². The third kappa shape index (κ3) is 1.79. The fourth-order valence-electron chi connectivity index (χ4n) is 3.73. The molecule has 5 heteroatoms. The third-order valence-electron chi connectivity index (χ3n) is 4.66. The number of nitrogens with zero attached hydrogens (tertiary/aromatic N) is 5. The molecule has 0 radical (unpaired) electrons. The third-order valence-corrected chi connectivity index (χ3v) is 4.66. The average Bonchev–Trinajstić information content (AvgIpc) is 3.03. The standard InChI is InChI=1S/C14H19N5/c1-10-6-13(19-14(17-10)15-9-16-19)18-7-11-4-2-3-5-12(11)8-18/h6,9,11-12H,2-5,7-8H2,1H3/t11-,12+. The molecule has 4 rings (SSSR count). The molecule has 0 unspecified atom stereocenters. The second-order valence-corrected chi connectivity index (χ2v) is 5.94. The molecule has 1 aliphatic carbocycles. The summed E-state index contributed by atoms with van der Waals surface area (Å²) >= 11 is 0. The number of rotatable bonds is 1. The van der Waals surface area contributed by atoms with Crippen LogP contribution in [-0.2, 0) is 0 Å². The average molecular weight is 257 g/mol. The van der Waals surface area contributed by atoms with Crippen molar-refractivity contribution in [1.82, 2.24) is 19.6 Å². The van der Waals surface area contributed by atoms with Crippen LogP contribution in [0.15, 0.2) is 12.4 Å². The SMILES string of the molecule is Cc1cc(N2C[C@H]3CCCC[C@H]3C2)n2ncnc2n1. The van der Waals surface area contributed by atoms with Gasteiger partial charge in [0.25, 0.3) is 5.78 Å². The smallest absolute Gasteiger partial charge is 0.254 e. The number of hydrogen-bond acceptors (Lipinski definition) is 4. The molecule has 1 aliphatic heterocycles. The van der Waals surface area contributed by atoms with Crippen molar-refractivity contribution in [1.29, 1.82) is 0 Å². The first kappa shape index (κ1) is 11.2. The highest BCUT2D eigenvalue weighted by Crippen LogP contribution is 2.37. The highest BCUT2D eigenvalue weighted by Gasteiger charge is 2.35. The van der Waals surface area contributed by atoms with Crippen molar-refractivity contribution < 1.29 is 0 Å². The molecule has 19 heavy (non-hydrogen) atoms. The summed E-state index contributed by atoms with van der Waals surface area (Å²) in [6.45, 7) is 4.37.